The van der Waals surface area contributed by atoms with Crippen LogP contribution < -0.4 is 5.32 Å². The number of benzene rings is 2. The zero-order valence-electron chi connectivity index (χ0n) is 10.7. The smallest absolute Gasteiger partial charge is 0.0648 e. The second-order valence-corrected chi connectivity index (χ2v) is 7.22. The van der Waals surface area contributed by atoms with Gasteiger partial charge in [0.1, 0.15) is 0 Å². The van der Waals surface area contributed by atoms with E-state index >= 15 is 0 Å². The summed E-state index contributed by atoms with van der Waals surface area (Å²) < 4.78 is 1.15. The maximum absolute atomic E-state index is 6.24. The second kappa shape index (κ2) is 6.12. The van der Waals surface area contributed by atoms with Crippen LogP contribution in [0.2, 0.25) is 10.0 Å². The SMILES string of the molecule is Clc1cc(I)ccc1NC1CC(c2ccccc2Cl)C1. The summed E-state index contributed by atoms with van der Waals surface area (Å²) in [5.74, 6) is 0.559. The van der Waals surface area contributed by atoms with Crippen molar-refractivity contribution in [2.24, 2.45) is 0 Å². The summed E-state index contributed by atoms with van der Waals surface area (Å²) in [7, 11) is 0. The Labute approximate surface area is 142 Å². The largest absolute Gasteiger partial charge is 0.381 e. The molecular formula is C16H14Cl2IN. The lowest BCUT2D eigenvalue weighted by Gasteiger charge is -2.37. The first kappa shape index (κ1) is 14.5. The topological polar surface area (TPSA) is 12.0 Å². The summed E-state index contributed by atoms with van der Waals surface area (Å²) in [6.45, 7) is 0. The van der Waals surface area contributed by atoms with E-state index in [1.807, 2.05) is 24.3 Å². The van der Waals surface area contributed by atoms with Gasteiger partial charge in [0.25, 0.3) is 0 Å². The maximum Gasteiger partial charge on any atom is 0.0648 e. The van der Waals surface area contributed by atoms with Crippen LogP contribution in [0.15, 0.2) is 42.5 Å². The molecule has 0 aliphatic heterocycles. The van der Waals surface area contributed by atoms with Crippen molar-refractivity contribution >= 4 is 51.5 Å². The van der Waals surface area contributed by atoms with Gasteiger partial charge in [0.2, 0.25) is 0 Å². The van der Waals surface area contributed by atoms with Crippen LogP contribution >= 0.6 is 45.8 Å². The van der Waals surface area contributed by atoms with Gasteiger partial charge >= 0.3 is 0 Å². The first-order valence-electron chi connectivity index (χ1n) is 6.59. The summed E-state index contributed by atoms with van der Waals surface area (Å²) in [5.41, 5.74) is 2.29. The number of rotatable bonds is 3. The molecule has 0 atom stereocenters. The van der Waals surface area contributed by atoms with Gasteiger partial charge in [-0.25, -0.2) is 0 Å². The molecule has 1 N–H and O–H groups in total. The Kier molecular flexibility index (Phi) is 4.43. The summed E-state index contributed by atoms with van der Waals surface area (Å²) in [6.07, 6.45) is 2.21. The first-order valence-corrected chi connectivity index (χ1v) is 8.43. The van der Waals surface area contributed by atoms with Crippen LogP contribution in [0.5, 0.6) is 0 Å². The molecule has 104 valence electrons. The maximum atomic E-state index is 6.24. The van der Waals surface area contributed by atoms with E-state index < -0.39 is 0 Å². The zero-order chi connectivity index (χ0) is 14.1. The number of nitrogens with one attached hydrogen (secondary N) is 1. The Morgan fingerprint density at radius 3 is 2.45 bits per heavy atom. The monoisotopic (exact) mass is 417 g/mol. The van der Waals surface area contributed by atoms with Crippen LogP contribution in [0.25, 0.3) is 0 Å². The standard InChI is InChI=1S/C16H14Cl2IN/c17-14-4-2-1-3-13(14)10-7-12(8-10)20-16-6-5-11(19)9-15(16)18/h1-6,9-10,12,20H,7-8H2. The minimum atomic E-state index is 0.480. The van der Waals surface area contributed by atoms with Gasteiger partial charge in [-0.2, -0.15) is 0 Å². The third-order valence-corrected chi connectivity index (χ3v) is 5.10. The fourth-order valence-corrected chi connectivity index (χ4v) is 3.82. The molecule has 0 saturated heterocycles. The van der Waals surface area contributed by atoms with Crippen LogP contribution in [-0.4, -0.2) is 6.04 Å². The van der Waals surface area contributed by atoms with Crippen molar-refractivity contribution in [3.8, 4) is 0 Å². The van der Waals surface area contributed by atoms with Gasteiger partial charge < -0.3 is 5.32 Å². The van der Waals surface area contributed by atoms with Gasteiger partial charge in [-0.1, -0.05) is 41.4 Å². The molecule has 1 aliphatic rings. The second-order valence-electron chi connectivity index (χ2n) is 5.16. The van der Waals surface area contributed by atoms with Crippen molar-refractivity contribution in [3.63, 3.8) is 0 Å². The van der Waals surface area contributed by atoms with Gasteiger partial charge in [-0.05, 0) is 71.2 Å². The predicted molar refractivity (Wildman–Crippen MR) is 95.0 cm³/mol. The third-order valence-electron chi connectivity index (χ3n) is 3.77. The number of anilines is 1. The first-order chi connectivity index (χ1) is 9.63. The van der Waals surface area contributed by atoms with E-state index in [0.717, 1.165) is 32.1 Å². The van der Waals surface area contributed by atoms with Crippen molar-refractivity contribution in [2.75, 3.05) is 5.32 Å². The number of hydrogen-bond acceptors (Lipinski definition) is 1. The minimum Gasteiger partial charge on any atom is -0.381 e. The molecule has 1 nitrogen and oxygen atoms in total. The minimum absolute atomic E-state index is 0.480. The fourth-order valence-electron chi connectivity index (χ4n) is 2.62. The molecule has 0 bridgehead atoms. The molecule has 3 rings (SSSR count). The zero-order valence-corrected chi connectivity index (χ0v) is 14.4. The molecule has 1 fully saturated rings. The summed E-state index contributed by atoms with van der Waals surface area (Å²) >= 11 is 14.8. The average molecular weight is 418 g/mol. The van der Waals surface area contributed by atoms with Crippen LogP contribution in [0.4, 0.5) is 5.69 Å². The molecule has 0 unspecified atom stereocenters. The fraction of sp³-hybridized carbons (Fsp3) is 0.250. The number of hydrogen-bond donors (Lipinski definition) is 1. The van der Waals surface area contributed by atoms with Crippen molar-refractivity contribution in [1.29, 1.82) is 0 Å². The van der Waals surface area contributed by atoms with E-state index in [-0.39, 0.29) is 0 Å². The predicted octanol–water partition coefficient (Wildman–Crippen LogP) is 5.96. The number of halogens is 3. The third kappa shape index (κ3) is 3.07. The molecule has 0 aromatic heterocycles. The van der Waals surface area contributed by atoms with Crippen LogP contribution in [0, 0.1) is 3.57 Å². The molecule has 0 amide bonds. The molecule has 2 aromatic carbocycles. The molecule has 0 spiro atoms. The van der Waals surface area contributed by atoms with Gasteiger partial charge in [-0.3, -0.25) is 0 Å². The molecule has 1 saturated carbocycles. The van der Waals surface area contributed by atoms with Crippen LogP contribution in [0.1, 0.15) is 24.3 Å². The Hall–Kier alpha value is -0.450. The lowest BCUT2D eigenvalue weighted by Crippen LogP contribution is -2.34. The van der Waals surface area contributed by atoms with E-state index in [4.69, 9.17) is 23.2 Å². The van der Waals surface area contributed by atoms with E-state index in [2.05, 4.69) is 46.1 Å². The van der Waals surface area contributed by atoms with Gasteiger partial charge in [-0.15, -0.1) is 0 Å². The lowest BCUT2D eigenvalue weighted by atomic mass is 9.76. The highest BCUT2D eigenvalue weighted by Gasteiger charge is 2.31. The Balaban J connectivity index is 1.62. The molecule has 2 aromatic rings. The summed E-state index contributed by atoms with van der Waals surface area (Å²) in [5, 5.41) is 5.18. The van der Waals surface area contributed by atoms with Crippen LogP contribution in [-0.2, 0) is 0 Å². The van der Waals surface area contributed by atoms with Crippen molar-refractivity contribution in [1.82, 2.24) is 0 Å². The molecule has 1 aliphatic carbocycles. The van der Waals surface area contributed by atoms with E-state index in [1.165, 1.54) is 5.56 Å². The summed E-state index contributed by atoms with van der Waals surface area (Å²) in [6, 6.07) is 14.7. The van der Waals surface area contributed by atoms with Gasteiger partial charge in [0, 0.05) is 14.6 Å². The molecule has 0 heterocycles. The molecular weight excluding hydrogens is 404 g/mol. The Bertz CT molecular complexity index is 624. The molecule has 0 radical (unpaired) electrons. The highest BCUT2D eigenvalue weighted by molar-refractivity contribution is 14.1. The normalized spacial score (nSPS) is 21.4. The summed E-state index contributed by atoms with van der Waals surface area (Å²) in [4.78, 5) is 0. The van der Waals surface area contributed by atoms with Crippen molar-refractivity contribution < 1.29 is 0 Å². The van der Waals surface area contributed by atoms with E-state index in [9.17, 15) is 0 Å². The van der Waals surface area contributed by atoms with E-state index in [1.54, 1.807) is 0 Å². The molecule has 4 heteroatoms. The van der Waals surface area contributed by atoms with Crippen molar-refractivity contribution in [2.45, 2.75) is 24.8 Å². The Morgan fingerprint density at radius 2 is 1.75 bits per heavy atom. The van der Waals surface area contributed by atoms with Crippen LogP contribution in [0.3, 0.4) is 0 Å². The van der Waals surface area contributed by atoms with E-state index in [0.29, 0.717) is 12.0 Å². The van der Waals surface area contributed by atoms with Crippen molar-refractivity contribution in [3.05, 3.63) is 61.6 Å². The quantitative estimate of drug-likeness (QED) is 0.608. The highest BCUT2D eigenvalue weighted by Crippen LogP contribution is 2.41. The lowest BCUT2D eigenvalue weighted by molar-refractivity contribution is 0.374. The highest BCUT2D eigenvalue weighted by atomic mass is 127. The average Bonchev–Trinajstić information content (AvgIpc) is 2.37. The molecule has 20 heavy (non-hydrogen) atoms. The Morgan fingerprint density at radius 1 is 1.00 bits per heavy atom. The van der Waals surface area contributed by atoms with Gasteiger partial charge in [0.05, 0.1) is 10.7 Å². The van der Waals surface area contributed by atoms with Gasteiger partial charge in [0.15, 0.2) is 0 Å².